The number of nitrogens with zero attached hydrogens (tertiary/aromatic N) is 2. The van der Waals surface area contributed by atoms with Crippen LogP contribution in [0.2, 0.25) is 0 Å². The van der Waals surface area contributed by atoms with Crippen molar-refractivity contribution in [2.45, 2.75) is 102 Å². The number of ether oxygens (including phenoxy) is 2. The number of fused-ring (bicyclic) bond motifs is 1. The van der Waals surface area contributed by atoms with Gasteiger partial charge < -0.3 is 29.7 Å². The lowest BCUT2D eigenvalue weighted by atomic mass is 9.70. The second-order valence-electron chi connectivity index (χ2n) is 11.5. The number of aliphatic hydroxyl groups is 1. The molecule has 0 aromatic heterocycles. The van der Waals surface area contributed by atoms with Crippen LogP contribution in [-0.4, -0.2) is 95.2 Å². The van der Waals surface area contributed by atoms with Gasteiger partial charge >= 0.3 is 5.97 Å². The molecule has 2 N–H and O–H groups in total. The van der Waals surface area contributed by atoms with Crippen molar-refractivity contribution in [3.05, 3.63) is 25.3 Å². The molecule has 3 saturated heterocycles. The number of allylic oxidation sites excluding steroid dienone is 1. The van der Waals surface area contributed by atoms with Crippen LogP contribution in [0, 0.1) is 11.8 Å². The number of hydrogen-bond acceptors (Lipinski definition) is 7. The minimum absolute atomic E-state index is 0.0685. The van der Waals surface area contributed by atoms with Crippen LogP contribution in [0.5, 0.6) is 0 Å². The number of unbranched alkanes of at least 4 members (excludes halogenated alkanes) is 4. The normalized spacial score (nSPS) is 26.9. The smallest absolute Gasteiger partial charge is 0.312 e. The molecule has 0 saturated carbocycles. The minimum atomic E-state index is -1.08. The van der Waals surface area contributed by atoms with Gasteiger partial charge in [0.25, 0.3) is 0 Å². The van der Waals surface area contributed by atoms with Gasteiger partial charge in [0.15, 0.2) is 0 Å². The molecule has 230 valence electrons. The second kappa shape index (κ2) is 15.5. The van der Waals surface area contributed by atoms with Crippen molar-refractivity contribution in [2.75, 3.05) is 32.8 Å². The summed E-state index contributed by atoms with van der Waals surface area (Å²) in [6, 6.07) is -0.819. The van der Waals surface area contributed by atoms with E-state index in [-0.39, 0.29) is 30.9 Å². The fourth-order valence-corrected chi connectivity index (χ4v) is 6.58. The first-order chi connectivity index (χ1) is 19.7. The number of hydrogen-bond donors (Lipinski definition) is 2. The SMILES string of the molecule is C=CCCC(=O)NC[C@H](C)OC(=O)[C@@H]1[C@@H]2CC[C@]3(O2)[C@H](C(=O)N(CC=C)CCCCC)N(CCCCCO)C(=O)[C@@H]13. The number of likely N-dealkylation sites (tertiary alicyclic amines) is 1. The first-order valence-electron chi connectivity index (χ1n) is 15.3. The molecule has 3 aliphatic heterocycles. The third-order valence-electron chi connectivity index (χ3n) is 8.54. The summed E-state index contributed by atoms with van der Waals surface area (Å²) in [7, 11) is 0. The first kappa shape index (κ1) is 32.8. The molecule has 3 rings (SSSR count). The van der Waals surface area contributed by atoms with E-state index in [1.165, 1.54) is 0 Å². The van der Waals surface area contributed by atoms with Gasteiger partial charge in [-0.05, 0) is 51.9 Å². The number of aliphatic hydroxyl groups excluding tert-OH is 1. The molecular formula is C31H49N3O7. The average Bonchev–Trinajstić information content (AvgIpc) is 3.59. The van der Waals surface area contributed by atoms with Crippen LogP contribution in [0.3, 0.4) is 0 Å². The Hall–Kier alpha value is -2.72. The van der Waals surface area contributed by atoms with E-state index in [0.29, 0.717) is 58.2 Å². The number of amides is 3. The summed E-state index contributed by atoms with van der Waals surface area (Å²) in [6.45, 7) is 12.8. The Morgan fingerprint density at radius 2 is 2.00 bits per heavy atom. The van der Waals surface area contributed by atoms with Crippen molar-refractivity contribution >= 4 is 23.7 Å². The minimum Gasteiger partial charge on any atom is -0.460 e. The van der Waals surface area contributed by atoms with Crippen LogP contribution in [0.25, 0.3) is 0 Å². The Kier molecular flexibility index (Phi) is 12.4. The van der Waals surface area contributed by atoms with Crippen molar-refractivity contribution in [3.63, 3.8) is 0 Å². The molecular weight excluding hydrogens is 526 g/mol. The quantitative estimate of drug-likeness (QED) is 0.138. The Balaban J connectivity index is 1.81. The van der Waals surface area contributed by atoms with Gasteiger partial charge in [-0.15, -0.1) is 13.2 Å². The van der Waals surface area contributed by atoms with E-state index in [1.54, 1.807) is 28.9 Å². The molecule has 0 unspecified atom stereocenters. The van der Waals surface area contributed by atoms with E-state index in [4.69, 9.17) is 9.47 Å². The lowest BCUT2D eigenvalue weighted by molar-refractivity contribution is -0.159. The van der Waals surface area contributed by atoms with Gasteiger partial charge in [0.05, 0.1) is 24.5 Å². The Morgan fingerprint density at radius 1 is 1.22 bits per heavy atom. The lowest BCUT2D eigenvalue weighted by Gasteiger charge is -2.37. The van der Waals surface area contributed by atoms with Crippen molar-refractivity contribution in [3.8, 4) is 0 Å². The maximum atomic E-state index is 14.2. The second-order valence-corrected chi connectivity index (χ2v) is 11.5. The van der Waals surface area contributed by atoms with E-state index in [0.717, 1.165) is 25.7 Å². The summed E-state index contributed by atoms with van der Waals surface area (Å²) in [5.41, 5.74) is -1.08. The highest BCUT2D eigenvalue weighted by atomic mass is 16.6. The molecule has 0 radical (unpaired) electrons. The molecule has 3 amide bonds. The van der Waals surface area contributed by atoms with Crippen LogP contribution >= 0.6 is 0 Å². The molecule has 6 atom stereocenters. The van der Waals surface area contributed by atoms with Crippen molar-refractivity contribution in [1.82, 2.24) is 15.1 Å². The van der Waals surface area contributed by atoms with Crippen molar-refractivity contribution in [1.29, 1.82) is 0 Å². The monoisotopic (exact) mass is 575 g/mol. The Morgan fingerprint density at radius 3 is 2.68 bits per heavy atom. The summed E-state index contributed by atoms with van der Waals surface area (Å²) < 4.78 is 12.2. The zero-order valence-electron chi connectivity index (χ0n) is 24.9. The molecule has 3 heterocycles. The molecule has 10 heteroatoms. The van der Waals surface area contributed by atoms with Crippen LogP contribution in [-0.2, 0) is 28.7 Å². The summed E-state index contributed by atoms with van der Waals surface area (Å²) in [6.07, 6.45) is 9.08. The molecule has 10 nitrogen and oxygen atoms in total. The number of nitrogens with one attached hydrogen (secondary N) is 1. The topological polar surface area (TPSA) is 125 Å². The summed E-state index contributed by atoms with van der Waals surface area (Å²) >= 11 is 0. The first-order valence-corrected chi connectivity index (χ1v) is 15.3. The Labute approximate surface area is 244 Å². The number of carbonyl (C=O) groups is 4. The van der Waals surface area contributed by atoms with Gasteiger partial charge in [-0.25, -0.2) is 0 Å². The van der Waals surface area contributed by atoms with Gasteiger partial charge in [-0.3, -0.25) is 19.2 Å². The molecule has 1 spiro atoms. The van der Waals surface area contributed by atoms with Gasteiger partial charge in [-0.1, -0.05) is 31.9 Å². The van der Waals surface area contributed by atoms with E-state index < -0.39 is 41.7 Å². The standard InChI is InChI=1S/C31H49N3O7/c1-5-8-11-18-33(17-7-3)29(38)27-31-16-15-23(41-31)25(26(31)28(37)34(27)19-12-10-13-20-35)30(39)40-22(4)21-32-24(36)14-9-6-2/h6-7,22-23,25-27,35H,2-3,5,8-21H2,1,4H3,(H,32,36)/t22-,23-,25+,26+,27-,31+/m0/s1. The largest absolute Gasteiger partial charge is 0.460 e. The van der Waals surface area contributed by atoms with Gasteiger partial charge in [0.2, 0.25) is 17.7 Å². The lowest BCUT2D eigenvalue weighted by Crippen LogP contribution is -2.56. The van der Waals surface area contributed by atoms with E-state index in [1.807, 2.05) is 0 Å². The predicted molar refractivity (Wildman–Crippen MR) is 155 cm³/mol. The molecule has 0 aromatic carbocycles. The molecule has 41 heavy (non-hydrogen) atoms. The van der Waals surface area contributed by atoms with E-state index >= 15 is 0 Å². The highest BCUT2D eigenvalue weighted by Gasteiger charge is 2.75. The fourth-order valence-electron chi connectivity index (χ4n) is 6.58. The molecule has 0 aliphatic carbocycles. The zero-order chi connectivity index (χ0) is 30.0. The third-order valence-corrected chi connectivity index (χ3v) is 8.54. The highest BCUT2D eigenvalue weighted by molar-refractivity contribution is 5.98. The molecule has 0 aromatic rings. The summed E-state index contributed by atoms with van der Waals surface area (Å²) in [5.74, 6) is -2.68. The van der Waals surface area contributed by atoms with Crippen molar-refractivity contribution < 1.29 is 33.8 Å². The summed E-state index contributed by atoms with van der Waals surface area (Å²) in [4.78, 5) is 57.1. The fraction of sp³-hybridized carbons (Fsp3) is 0.742. The molecule has 2 bridgehead atoms. The zero-order valence-corrected chi connectivity index (χ0v) is 24.9. The van der Waals surface area contributed by atoms with Crippen molar-refractivity contribution in [2.24, 2.45) is 11.8 Å². The van der Waals surface area contributed by atoms with Crippen LogP contribution in [0.15, 0.2) is 25.3 Å². The third kappa shape index (κ3) is 7.38. The number of esters is 1. The van der Waals surface area contributed by atoms with Gasteiger partial charge in [-0.2, -0.15) is 0 Å². The number of rotatable bonds is 19. The average molecular weight is 576 g/mol. The maximum absolute atomic E-state index is 14.2. The van der Waals surface area contributed by atoms with E-state index in [9.17, 15) is 24.3 Å². The van der Waals surface area contributed by atoms with Crippen LogP contribution in [0.4, 0.5) is 0 Å². The highest BCUT2D eigenvalue weighted by Crippen LogP contribution is 2.58. The summed E-state index contributed by atoms with van der Waals surface area (Å²) in [5, 5.41) is 12.0. The van der Waals surface area contributed by atoms with E-state index in [2.05, 4.69) is 25.4 Å². The molecule has 3 fully saturated rings. The van der Waals surface area contributed by atoms with Gasteiger partial charge in [0, 0.05) is 32.7 Å². The predicted octanol–water partition coefficient (Wildman–Crippen LogP) is 2.74. The Bertz CT molecular complexity index is 956. The van der Waals surface area contributed by atoms with Crippen LogP contribution < -0.4 is 5.32 Å². The van der Waals surface area contributed by atoms with Crippen LogP contribution in [0.1, 0.15) is 78.1 Å². The number of carbonyl (C=O) groups excluding carboxylic acids is 4. The molecule has 3 aliphatic rings. The maximum Gasteiger partial charge on any atom is 0.312 e. The van der Waals surface area contributed by atoms with Gasteiger partial charge in [0.1, 0.15) is 17.7 Å².